The largest absolute Gasteiger partial charge is 0.486 e. The maximum atomic E-state index is 13.0. The number of sulfonamides is 1. The molecule has 0 bridgehead atoms. The summed E-state index contributed by atoms with van der Waals surface area (Å²) >= 11 is 6.14. The Labute approximate surface area is 189 Å². The molecular weight excluding hydrogens is 459 g/mol. The minimum atomic E-state index is -3.74. The van der Waals surface area contributed by atoms with E-state index in [9.17, 15) is 17.6 Å². The second-order valence-electron chi connectivity index (χ2n) is 7.22. The Kier molecular flexibility index (Phi) is 6.50. The summed E-state index contributed by atoms with van der Waals surface area (Å²) in [5.74, 6) is -0.0334. The van der Waals surface area contributed by atoms with Crippen LogP contribution in [0.15, 0.2) is 63.9 Å². The molecule has 0 unspecified atom stereocenters. The van der Waals surface area contributed by atoms with E-state index in [2.05, 4.69) is 5.32 Å². The molecule has 1 fully saturated rings. The SMILES string of the molecule is O=C(Nc1ccc(Cl)c(S(=O)(=O)N2CCCC2)c1)c1ccc(COc2ccc(F)cc2)o1. The molecule has 0 aliphatic carbocycles. The predicted octanol–water partition coefficient (Wildman–Crippen LogP) is 4.69. The highest BCUT2D eigenvalue weighted by molar-refractivity contribution is 7.89. The molecule has 1 saturated heterocycles. The number of nitrogens with zero attached hydrogens (tertiary/aromatic N) is 1. The summed E-state index contributed by atoms with van der Waals surface area (Å²) in [5, 5.41) is 2.72. The van der Waals surface area contributed by atoms with Crippen LogP contribution >= 0.6 is 11.6 Å². The Morgan fingerprint density at radius 3 is 2.53 bits per heavy atom. The van der Waals surface area contributed by atoms with Crippen molar-refractivity contribution in [3.8, 4) is 5.75 Å². The smallest absolute Gasteiger partial charge is 0.291 e. The number of furan rings is 1. The van der Waals surface area contributed by atoms with E-state index in [0.29, 0.717) is 24.6 Å². The minimum absolute atomic E-state index is 0.0293. The van der Waals surface area contributed by atoms with Gasteiger partial charge in [-0.1, -0.05) is 11.6 Å². The van der Waals surface area contributed by atoms with Gasteiger partial charge in [0.05, 0.1) is 5.02 Å². The van der Waals surface area contributed by atoms with Gasteiger partial charge in [-0.25, -0.2) is 12.8 Å². The number of amides is 1. The monoisotopic (exact) mass is 478 g/mol. The number of nitrogens with one attached hydrogen (secondary N) is 1. The number of benzene rings is 2. The molecule has 1 aromatic heterocycles. The lowest BCUT2D eigenvalue weighted by molar-refractivity contribution is 0.0992. The van der Waals surface area contributed by atoms with Crippen LogP contribution in [-0.2, 0) is 16.6 Å². The van der Waals surface area contributed by atoms with Crippen molar-refractivity contribution in [1.82, 2.24) is 4.31 Å². The lowest BCUT2D eigenvalue weighted by atomic mass is 10.3. The van der Waals surface area contributed by atoms with Crippen molar-refractivity contribution in [2.24, 2.45) is 0 Å². The molecule has 0 atom stereocenters. The van der Waals surface area contributed by atoms with Gasteiger partial charge in [0, 0.05) is 18.8 Å². The van der Waals surface area contributed by atoms with Crippen molar-refractivity contribution in [3.63, 3.8) is 0 Å². The zero-order valence-electron chi connectivity index (χ0n) is 16.9. The van der Waals surface area contributed by atoms with Gasteiger partial charge < -0.3 is 14.5 Å². The van der Waals surface area contributed by atoms with Crippen molar-refractivity contribution < 1.29 is 26.8 Å². The van der Waals surface area contributed by atoms with Crippen LogP contribution in [0.5, 0.6) is 5.75 Å². The molecule has 0 spiro atoms. The van der Waals surface area contributed by atoms with Crippen LogP contribution in [0.2, 0.25) is 5.02 Å². The van der Waals surface area contributed by atoms with Gasteiger partial charge in [0.15, 0.2) is 5.76 Å². The highest BCUT2D eigenvalue weighted by Crippen LogP contribution is 2.30. The first kappa shape index (κ1) is 22.3. The summed E-state index contributed by atoms with van der Waals surface area (Å²) in [6.45, 7) is 0.951. The van der Waals surface area contributed by atoms with Crippen LogP contribution in [-0.4, -0.2) is 31.7 Å². The number of halogens is 2. The van der Waals surface area contributed by atoms with Crippen LogP contribution in [0, 0.1) is 5.82 Å². The van der Waals surface area contributed by atoms with Crippen LogP contribution in [0.3, 0.4) is 0 Å². The molecule has 1 aliphatic heterocycles. The van der Waals surface area contributed by atoms with Crippen molar-refractivity contribution in [2.75, 3.05) is 18.4 Å². The molecule has 0 radical (unpaired) electrons. The van der Waals surface area contributed by atoms with E-state index in [1.54, 1.807) is 6.07 Å². The van der Waals surface area contributed by atoms with Crippen molar-refractivity contribution in [2.45, 2.75) is 24.3 Å². The highest BCUT2D eigenvalue weighted by Gasteiger charge is 2.29. The van der Waals surface area contributed by atoms with Gasteiger partial charge in [0.1, 0.15) is 28.8 Å². The fourth-order valence-electron chi connectivity index (χ4n) is 3.30. The van der Waals surface area contributed by atoms with Crippen molar-refractivity contribution in [1.29, 1.82) is 0 Å². The maximum Gasteiger partial charge on any atom is 0.291 e. The number of carbonyl (C=O) groups excluding carboxylic acids is 1. The van der Waals surface area contributed by atoms with Crippen LogP contribution in [0.25, 0.3) is 0 Å². The van der Waals surface area contributed by atoms with Crippen LogP contribution in [0.4, 0.5) is 10.1 Å². The summed E-state index contributed by atoms with van der Waals surface area (Å²) in [6.07, 6.45) is 1.61. The number of hydrogen-bond donors (Lipinski definition) is 1. The lowest BCUT2D eigenvalue weighted by Crippen LogP contribution is -2.28. The van der Waals surface area contributed by atoms with E-state index in [1.165, 1.54) is 52.8 Å². The van der Waals surface area contributed by atoms with E-state index in [-0.39, 0.29) is 33.8 Å². The van der Waals surface area contributed by atoms with Crippen molar-refractivity contribution in [3.05, 3.63) is 77.0 Å². The molecule has 7 nitrogen and oxygen atoms in total. The second kappa shape index (κ2) is 9.32. The molecule has 32 heavy (non-hydrogen) atoms. The molecule has 1 amide bonds. The van der Waals surface area contributed by atoms with E-state index >= 15 is 0 Å². The zero-order chi connectivity index (χ0) is 22.7. The van der Waals surface area contributed by atoms with Gasteiger partial charge in [0.2, 0.25) is 10.0 Å². The minimum Gasteiger partial charge on any atom is -0.486 e. The number of rotatable bonds is 7. The van der Waals surface area contributed by atoms with E-state index in [0.717, 1.165) is 12.8 Å². The number of carbonyl (C=O) groups is 1. The third kappa shape index (κ3) is 4.95. The maximum absolute atomic E-state index is 13.0. The molecule has 3 aromatic rings. The molecule has 168 valence electrons. The Morgan fingerprint density at radius 2 is 1.81 bits per heavy atom. The Balaban J connectivity index is 1.43. The zero-order valence-corrected chi connectivity index (χ0v) is 18.5. The highest BCUT2D eigenvalue weighted by atomic mass is 35.5. The molecule has 0 saturated carbocycles. The first-order valence-electron chi connectivity index (χ1n) is 9.91. The Morgan fingerprint density at radius 1 is 1.09 bits per heavy atom. The summed E-state index contributed by atoms with van der Waals surface area (Å²) < 4.78 is 51.0. The van der Waals surface area contributed by atoms with Gasteiger partial charge in [-0.15, -0.1) is 0 Å². The number of ether oxygens (including phenoxy) is 1. The normalized spacial score (nSPS) is 14.4. The summed E-state index contributed by atoms with van der Waals surface area (Å²) in [4.78, 5) is 12.5. The van der Waals surface area contributed by atoms with Gasteiger partial charge in [-0.2, -0.15) is 4.31 Å². The molecule has 2 aromatic carbocycles. The fourth-order valence-corrected chi connectivity index (χ4v) is 5.32. The average molecular weight is 479 g/mol. The predicted molar refractivity (Wildman–Crippen MR) is 117 cm³/mol. The van der Waals surface area contributed by atoms with Gasteiger partial charge in [-0.05, 0) is 67.4 Å². The topological polar surface area (TPSA) is 88.9 Å². The van der Waals surface area contributed by atoms with Crippen LogP contribution in [0.1, 0.15) is 29.2 Å². The molecule has 2 heterocycles. The van der Waals surface area contributed by atoms with E-state index in [4.69, 9.17) is 20.8 Å². The number of anilines is 1. The number of hydrogen-bond acceptors (Lipinski definition) is 5. The first-order valence-corrected chi connectivity index (χ1v) is 11.7. The van der Waals surface area contributed by atoms with Crippen LogP contribution < -0.4 is 10.1 Å². The second-order valence-corrected chi connectivity index (χ2v) is 9.53. The van der Waals surface area contributed by atoms with Gasteiger partial charge in [-0.3, -0.25) is 4.79 Å². The summed E-state index contributed by atoms with van der Waals surface area (Å²) in [7, 11) is -3.74. The fraction of sp³-hybridized carbons (Fsp3) is 0.227. The van der Waals surface area contributed by atoms with E-state index < -0.39 is 15.9 Å². The first-order chi connectivity index (χ1) is 15.3. The third-order valence-corrected chi connectivity index (χ3v) is 7.33. The van der Waals surface area contributed by atoms with Gasteiger partial charge in [0.25, 0.3) is 5.91 Å². The van der Waals surface area contributed by atoms with Crippen molar-refractivity contribution >= 4 is 33.2 Å². The molecule has 1 aliphatic rings. The quantitative estimate of drug-likeness (QED) is 0.532. The standard InChI is InChI=1S/C22H20ClFN2O5S/c23-19-9-5-16(13-21(19)32(28,29)26-11-1-2-12-26)25-22(27)20-10-8-18(31-20)14-30-17-6-3-15(24)4-7-17/h3-10,13H,1-2,11-12,14H2,(H,25,27). The molecule has 1 N–H and O–H groups in total. The summed E-state index contributed by atoms with van der Waals surface area (Å²) in [6, 6.07) is 12.9. The van der Waals surface area contributed by atoms with E-state index in [1.807, 2.05) is 0 Å². The third-order valence-electron chi connectivity index (χ3n) is 4.95. The van der Waals surface area contributed by atoms with Gasteiger partial charge >= 0.3 is 0 Å². The molecular formula is C22H20ClFN2O5S. The Bertz CT molecular complexity index is 1220. The molecule has 4 rings (SSSR count). The Hall–Kier alpha value is -2.88. The lowest BCUT2D eigenvalue weighted by Gasteiger charge is -2.17. The molecule has 10 heteroatoms. The summed E-state index contributed by atoms with van der Waals surface area (Å²) in [5.41, 5.74) is 0.276. The average Bonchev–Trinajstić information content (AvgIpc) is 3.47.